The van der Waals surface area contributed by atoms with Crippen LogP contribution in [0.25, 0.3) is 5.69 Å². The van der Waals surface area contributed by atoms with Crippen LogP contribution in [0.3, 0.4) is 0 Å². The van der Waals surface area contributed by atoms with Gasteiger partial charge in [0.2, 0.25) is 0 Å². The first-order chi connectivity index (χ1) is 7.76. The number of hydrogen-bond donors (Lipinski definition) is 0. The molecule has 0 aliphatic carbocycles. The Morgan fingerprint density at radius 3 is 2.62 bits per heavy atom. The first-order valence-electron chi connectivity index (χ1n) is 4.87. The van der Waals surface area contributed by atoms with Crippen molar-refractivity contribution in [3.63, 3.8) is 0 Å². The quantitative estimate of drug-likeness (QED) is 0.769. The minimum Gasteiger partial charge on any atom is -0.216 e. The molecule has 0 bridgehead atoms. The number of halogens is 1. The van der Waals surface area contributed by atoms with Crippen molar-refractivity contribution >= 4 is 0 Å². The van der Waals surface area contributed by atoms with Gasteiger partial charge in [-0.15, -0.1) is 5.10 Å². The van der Waals surface area contributed by atoms with Crippen LogP contribution in [0.1, 0.15) is 18.3 Å². The molecule has 0 saturated carbocycles. The molecule has 2 aromatic rings. The summed E-state index contributed by atoms with van der Waals surface area (Å²) in [5, 5.41) is 16.5. The summed E-state index contributed by atoms with van der Waals surface area (Å²) < 4.78 is 14.3. The normalized spacial score (nSPS) is 10.1. The van der Waals surface area contributed by atoms with Gasteiger partial charge in [0.05, 0.1) is 11.4 Å². The van der Waals surface area contributed by atoms with Crippen molar-refractivity contribution in [2.75, 3.05) is 0 Å². The van der Waals surface area contributed by atoms with Crippen LogP contribution in [0, 0.1) is 17.1 Å². The van der Waals surface area contributed by atoms with E-state index in [4.69, 9.17) is 5.26 Å². The number of nitriles is 1. The Hall–Kier alpha value is -2.22. The molecule has 5 heteroatoms. The first-order valence-corrected chi connectivity index (χ1v) is 4.87. The van der Waals surface area contributed by atoms with E-state index in [9.17, 15) is 4.39 Å². The molecule has 0 fully saturated rings. The van der Waals surface area contributed by atoms with Crippen LogP contribution in [0.15, 0.2) is 24.3 Å². The van der Waals surface area contributed by atoms with E-state index >= 15 is 0 Å². The topological polar surface area (TPSA) is 54.5 Å². The Morgan fingerprint density at radius 1 is 1.38 bits per heavy atom. The summed E-state index contributed by atoms with van der Waals surface area (Å²) in [4.78, 5) is 0. The summed E-state index contributed by atoms with van der Waals surface area (Å²) in [6, 6.07) is 7.88. The van der Waals surface area contributed by atoms with Crippen LogP contribution in [-0.4, -0.2) is 15.0 Å². The van der Waals surface area contributed by atoms with Gasteiger partial charge in [-0.3, -0.25) is 0 Å². The minimum atomic E-state index is -0.303. The molecule has 16 heavy (non-hydrogen) atoms. The largest absolute Gasteiger partial charge is 0.216 e. The first kappa shape index (κ1) is 10.3. The zero-order valence-electron chi connectivity index (χ0n) is 8.68. The van der Waals surface area contributed by atoms with E-state index in [0.717, 1.165) is 5.69 Å². The monoisotopic (exact) mass is 216 g/mol. The smallest absolute Gasteiger partial charge is 0.186 e. The van der Waals surface area contributed by atoms with E-state index < -0.39 is 0 Å². The second-order valence-electron chi connectivity index (χ2n) is 3.24. The van der Waals surface area contributed by atoms with Crippen LogP contribution < -0.4 is 0 Å². The molecule has 1 aromatic carbocycles. The summed E-state index contributed by atoms with van der Waals surface area (Å²) in [5.41, 5.74) is 1.74. The maximum absolute atomic E-state index is 12.8. The van der Waals surface area contributed by atoms with Gasteiger partial charge in [0.1, 0.15) is 11.9 Å². The fraction of sp³-hybridized carbons (Fsp3) is 0.182. The van der Waals surface area contributed by atoms with Crippen molar-refractivity contribution in [2.24, 2.45) is 0 Å². The average molecular weight is 216 g/mol. The second kappa shape index (κ2) is 4.11. The molecule has 0 aliphatic rings. The van der Waals surface area contributed by atoms with Gasteiger partial charge in [-0.25, -0.2) is 9.07 Å². The molecule has 0 N–H and O–H groups in total. The molecule has 80 valence electrons. The van der Waals surface area contributed by atoms with E-state index in [2.05, 4.69) is 10.3 Å². The Bertz CT molecular complexity index is 536. The zero-order chi connectivity index (χ0) is 11.5. The SMILES string of the molecule is CCc1c(C#N)nnn1-c1ccc(F)cc1. The molecule has 0 atom stereocenters. The van der Waals surface area contributed by atoms with Crippen LogP contribution in [-0.2, 0) is 6.42 Å². The van der Waals surface area contributed by atoms with Gasteiger partial charge in [0.25, 0.3) is 0 Å². The summed E-state index contributed by atoms with van der Waals surface area (Å²) in [6.07, 6.45) is 0.646. The van der Waals surface area contributed by atoms with E-state index in [1.54, 1.807) is 16.8 Å². The Kier molecular flexibility index (Phi) is 2.64. The summed E-state index contributed by atoms with van der Waals surface area (Å²) >= 11 is 0. The summed E-state index contributed by atoms with van der Waals surface area (Å²) in [7, 11) is 0. The molecule has 1 heterocycles. The number of aromatic nitrogens is 3. The molecule has 0 amide bonds. The number of benzene rings is 1. The molecule has 0 aliphatic heterocycles. The summed E-state index contributed by atoms with van der Waals surface area (Å²) in [5.74, 6) is -0.303. The van der Waals surface area contributed by atoms with Crippen molar-refractivity contribution in [3.05, 3.63) is 41.5 Å². The van der Waals surface area contributed by atoms with E-state index in [1.807, 2.05) is 13.0 Å². The highest BCUT2D eigenvalue weighted by Crippen LogP contribution is 2.13. The number of nitrogens with zero attached hydrogens (tertiary/aromatic N) is 4. The predicted octanol–water partition coefficient (Wildman–Crippen LogP) is 1.84. The molecule has 0 radical (unpaired) electrons. The third-order valence-electron chi connectivity index (χ3n) is 2.28. The van der Waals surface area contributed by atoms with Gasteiger partial charge in [0.15, 0.2) is 5.69 Å². The van der Waals surface area contributed by atoms with E-state index in [1.165, 1.54) is 12.1 Å². The van der Waals surface area contributed by atoms with Crippen molar-refractivity contribution < 1.29 is 4.39 Å². The lowest BCUT2D eigenvalue weighted by Crippen LogP contribution is -2.02. The lowest BCUT2D eigenvalue weighted by Gasteiger charge is -2.03. The van der Waals surface area contributed by atoms with Gasteiger partial charge >= 0.3 is 0 Å². The molecular weight excluding hydrogens is 207 g/mol. The molecular formula is C11H9FN4. The fourth-order valence-corrected chi connectivity index (χ4v) is 1.50. The zero-order valence-corrected chi connectivity index (χ0v) is 8.68. The van der Waals surface area contributed by atoms with Crippen molar-refractivity contribution in [1.82, 2.24) is 15.0 Å². The highest BCUT2D eigenvalue weighted by molar-refractivity contribution is 5.36. The molecule has 0 unspecified atom stereocenters. The predicted molar refractivity (Wildman–Crippen MR) is 55.4 cm³/mol. The Morgan fingerprint density at radius 2 is 2.06 bits per heavy atom. The van der Waals surface area contributed by atoms with E-state index in [0.29, 0.717) is 17.8 Å². The summed E-state index contributed by atoms with van der Waals surface area (Å²) in [6.45, 7) is 1.92. The van der Waals surface area contributed by atoms with Gasteiger partial charge < -0.3 is 0 Å². The van der Waals surface area contributed by atoms with Gasteiger partial charge in [-0.1, -0.05) is 12.1 Å². The van der Waals surface area contributed by atoms with Crippen molar-refractivity contribution in [1.29, 1.82) is 5.26 Å². The third-order valence-corrected chi connectivity index (χ3v) is 2.28. The molecule has 4 nitrogen and oxygen atoms in total. The van der Waals surface area contributed by atoms with Gasteiger partial charge in [0, 0.05) is 0 Å². The fourth-order valence-electron chi connectivity index (χ4n) is 1.50. The number of rotatable bonds is 2. The Balaban J connectivity index is 2.52. The lowest BCUT2D eigenvalue weighted by molar-refractivity contribution is 0.626. The second-order valence-corrected chi connectivity index (χ2v) is 3.24. The maximum Gasteiger partial charge on any atom is 0.186 e. The number of hydrogen-bond acceptors (Lipinski definition) is 3. The highest BCUT2D eigenvalue weighted by atomic mass is 19.1. The van der Waals surface area contributed by atoms with Crippen molar-refractivity contribution in [3.8, 4) is 11.8 Å². The molecule has 1 aromatic heterocycles. The van der Waals surface area contributed by atoms with E-state index in [-0.39, 0.29) is 5.82 Å². The van der Waals surface area contributed by atoms with Gasteiger partial charge in [-0.05, 0) is 30.7 Å². The van der Waals surface area contributed by atoms with Crippen molar-refractivity contribution in [2.45, 2.75) is 13.3 Å². The Labute approximate surface area is 91.9 Å². The standard InChI is InChI=1S/C11H9FN4/c1-2-11-10(7-13)14-15-16(11)9-5-3-8(12)4-6-9/h3-6H,2H2,1H3. The third kappa shape index (κ3) is 1.65. The molecule has 2 rings (SSSR count). The molecule has 0 saturated heterocycles. The lowest BCUT2D eigenvalue weighted by atomic mass is 10.2. The minimum absolute atomic E-state index is 0.303. The van der Waals surface area contributed by atoms with Gasteiger partial charge in [-0.2, -0.15) is 5.26 Å². The average Bonchev–Trinajstić information content (AvgIpc) is 2.72. The highest BCUT2D eigenvalue weighted by Gasteiger charge is 2.11. The van der Waals surface area contributed by atoms with Crippen LogP contribution >= 0.6 is 0 Å². The maximum atomic E-state index is 12.8. The van der Waals surface area contributed by atoms with Crippen LogP contribution in [0.4, 0.5) is 4.39 Å². The molecule has 0 spiro atoms. The van der Waals surface area contributed by atoms with Crippen LogP contribution in [0.2, 0.25) is 0 Å². The van der Waals surface area contributed by atoms with Crippen LogP contribution in [0.5, 0.6) is 0 Å².